The van der Waals surface area contributed by atoms with Crippen LogP contribution in [0.2, 0.25) is 0 Å². The van der Waals surface area contributed by atoms with Gasteiger partial charge >= 0.3 is 11.8 Å². The number of nitrogens with zero attached hydrogens (tertiary/aromatic N) is 1. The van der Waals surface area contributed by atoms with E-state index in [2.05, 4.69) is 27.7 Å². The summed E-state index contributed by atoms with van der Waals surface area (Å²) in [4.78, 5) is 27.9. The molecule has 0 saturated carbocycles. The molecule has 2 aromatic carbocycles. The molecule has 0 bridgehead atoms. The Bertz CT molecular complexity index is 1010. The standard InChI is InChI=1S/C22H20FN3O2S/c23-16-7-9-17(10-8-16)25-22(28)21(27)24-14-19(20-6-3-13-29-20)26-12-11-15-4-1-2-5-18(15)26/h1-10,13,19H,11-12,14H2,(H,24,27)(H,25,28)/t19-/m1/s1. The van der Waals surface area contributed by atoms with Crippen molar-refractivity contribution in [2.45, 2.75) is 12.5 Å². The zero-order valence-corrected chi connectivity index (χ0v) is 16.4. The van der Waals surface area contributed by atoms with Crippen molar-refractivity contribution in [3.8, 4) is 0 Å². The molecule has 148 valence electrons. The van der Waals surface area contributed by atoms with E-state index in [0.29, 0.717) is 12.2 Å². The maximum atomic E-state index is 13.0. The summed E-state index contributed by atoms with van der Waals surface area (Å²) in [6.07, 6.45) is 0.955. The van der Waals surface area contributed by atoms with Crippen LogP contribution in [-0.2, 0) is 16.0 Å². The first-order valence-electron chi connectivity index (χ1n) is 9.34. The monoisotopic (exact) mass is 409 g/mol. The Balaban J connectivity index is 1.44. The molecule has 0 spiro atoms. The zero-order chi connectivity index (χ0) is 20.2. The number of fused-ring (bicyclic) bond motifs is 1. The third kappa shape index (κ3) is 4.30. The Kier molecular flexibility index (Phi) is 5.57. The highest BCUT2D eigenvalue weighted by atomic mass is 32.1. The van der Waals surface area contributed by atoms with Crippen molar-refractivity contribution in [3.63, 3.8) is 0 Å². The Morgan fingerprint density at radius 3 is 2.59 bits per heavy atom. The lowest BCUT2D eigenvalue weighted by atomic mass is 10.1. The molecule has 1 aromatic heterocycles. The number of benzene rings is 2. The number of halogens is 1. The second-order valence-electron chi connectivity index (χ2n) is 6.77. The summed E-state index contributed by atoms with van der Waals surface area (Å²) in [7, 11) is 0. The molecule has 0 saturated heterocycles. The van der Waals surface area contributed by atoms with E-state index in [0.717, 1.165) is 23.5 Å². The van der Waals surface area contributed by atoms with Crippen molar-refractivity contribution in [2.24, 2.45) is 0 Å². The summed E-state index contributed by atoms with van der Waals surface area (Å²) in [6, 6.07) is 17.5. The Morgan fingerprint density at radius 1 is 1.03 bits per heavy atom. The van der Waals surface area contributed by atoms with Crippen molar-refractivity contribution >= 4 is 34.5 Å². The van der Waals surface area contributed by atoms with Crippen LogP contribution in [0, 0.1) is 5.82 Å². The average Bonchev–Trinajstić information content (AvgIpc) is 3.40. The topological polar surface area (TPSA) is 61.4 Å². The van der Waals surface area contributed by atoms with Crippen molar-refractivity contribution in [1.29, 1.82) is 0 Å². The Hall–Kier alpha value is -3.19. The number of hydrogen-bond acceptors (Lipinski definition) is 4. The van der Waals surface area contributed by atoms with E-state index < -0.39 is 17.6 Å². The first-order chi connectivity index (χ1) is 14.1. The normalized spacial score (nSPS) is 13.6. The SMILES string of the molecule is O=C(NC[C@H](c1cccs1)N1CCc2ccccc21)C(=O)Nc1ccc(F)cc1. The lowest BCUT2D eigenvalue weighted by Crippen LogP contribution is -2.41. The third-order valence-corrected chi connectivity index (χ3v) is 5.91. The minimum atomic E-state index is -0.775. The maximum absolute atomic E-state index is 13.0. The summed E-state index contributed by atoms with van der Waals surface area (Å²) >= 11 is 1.63. The average molecular weight is 409 g/mol. The second kappa shape index (κ2) is 8.45. The first kappa shape index (κ1) is 19.1. The van der Waals surface area contributed by atoms with Gasteiger partial charge in [0.05, 0.1) is 6.04 Å². The van der Waals surface area contributed by atoms with Gasteiger partial charge in [0, 0.05) is 29.3 Å². The van der Waals surface area contributed by atoms with Gasteiger partial charge in [-0.2, -0.15) is 0 Å². The van der Waals surface area contributed by atoms with Crippen LogP contribution in [0.25, 0.3) is 0 Å². The van der Waals surface area contributed by atoms with Gasteiger partial charge in [0.1, 0.15) is 5.82 Å². The molecule has 5 nitrogen and oxygen atoms in total. The van der Waals surface area contributed by atoms with Gasteiger partial charge in [-0.05, 0) is 53.8 Å². The number of carbonyl (C=O) groups excluding carboxylic acids is 2. The molecule has 2 amide bonds. The molecule has 1 atom stereocenters. The predicted octanol–water partition coefficient (Wildman–Crippen LogP) is 3.75. The fourth-order valence-electron chi connectivity index (χ4n) is 3.52. The number of nitrogens with one attached hydrogen (secondary N) is 2. The van der Waals surface area contributed by atoms with Gasteiger partial charge in [-0.3, -0.25) is 9.59 Å². The summed E-state index contributed by atoms with van der Waals surface area (Å²) in [6.45, 7) is 1.17. The molecule has 1 aliphatic rings. The number of para-hydroxylation sites is 1. The van der Waals surface area contributed by atoms with Gasteiger partial charge in [-0.1, -0.05) is 24.3 Å². The third-order valence-electron chi connectivity index (χ3n) is 4.94. The van der Waals surface area contributed by atoms with Crippen molar-refractivity contribution in [2.75, 3.05) is 23.3 Å². The zero-order valence-electron chi connectivity index (χ0n) is 15.6. The summed E-state index contributed by atoms with van der Waals surface area (Å²) in [5.41, 5.74) is 2.82. The molecule has 2 N–H and O–H groups in total. The number of thiophene rings is 1. The number of hydrogen-bond donors (Lipinski definition) is 2. The van der Waals surface area contributed by atoms with E-state index in [1.807, 2.05) is 29.6 Å². The molecule has 0 unspecified atom stereocenters. The number of rotatable bonds is 5. The molecule has 0 aliphatic carbocycles. The summed E-state index contributed by atoms with van der Waals surface area (Å²) < 4.78 is 13.0. The molecular weight excluding hydrogens is 389 g/mol. The van der Waals surface area contributed by atoms with Gasteiger partial charge in [0.15, 0.2) is 0 Å². The molecule has 29 heavy (non-hydrogen) atoms. The van der Waals surface area contributed by atoms with Crippen molar-refractivity contribution in [1.82, 2.24) is 5.32 Å². The van der Waals surface area contributed by atoms with Crippen LogP contribution in [0.1, 0.15) is 16.5 Å². The predicted molar refractivity (Wildman–Crippen MR) is 113 cm³/mol. The van der Waals surface area contributed by atoms with Crippen LogP contribution < -0.4 is 15.5 Å². The maximum Gasteiger partial charge on any atom is 0.313 e. The highest BCUT2D eigenvalue weighted by molar-refractivity contribution is 7.10. The van der Waals surface area contributed by atoms with E-state index in [4.69, 9.17) is 0 Å². The van der Waals surface area contributed by atoms with E-state index in [9.17, 15) is 14.0 Å². The van der Waals surface area contributed by atoms with Crippen molar-refractivity contribution in [3.05, 3.63) is 82.3 Å². The number of anilines is 2. The van der Waals surface area contributed by atoms with Gasteiger partial charge in [-0.25, -0.2) is 4.39 Å². The molecule has 7 heteroatoms. The lowest BCUT2D eigenvalue weighted by molar-refractivity contribution is -0.136. The van der Waals surface area contributed by atoms with Gasteiger partial charge in [-0.15, -0.1) is 11.3 Å². The van der Waals surface area contributed by atoms with Crippen LogP contribution in [0.3, 0.4) is 0 Å². The minimum absolute atomic E-state index is 0.0544. The molecule has 4 rings (SSSR count). The fraction of sp³-hybridized carbons (Fsp3) is 0.182. The highest BCUT2D eigenvalue weighted by Gasteiger charge is 2.28. The molecule has 2 heterocycles. The molecule has 0 radical (unpaired) electrons. The summed E-state index contributed by atoms with van der Waals surface area (Å²) in [5.74, 6) is -1.90. The minimum Gasteiger partial charge on any atom is -0.361 e. The Morgan fingerprint density at radius 2 is 1.83 bits per heavy atom. The smallest absolute Gasteiger partial charge is 0.313 e. The molecule has 0 fully saturated rings. The second-order valence-corrected chi connectivity index (χ2v) is 7.75. The van der Waals surface area contributed by atoms with Crippen LogP contribution in [-0.4, -0.2) is 24.9 Å². The van der Waals surface area contributed by atoms with Gasteiger partial charge in [0.25, 0.3) is 0 Å². The molecule has 3 aromatic rings. The van der Waals surface area contributed by atoms with E-state index in [1.165, 1.54) is 29.8 Å². The lowest BCUT2D eigenvalue weighted by Gasteiger charge is -2.30. The number of amides is 2. The largest absolute Gasteiger partial charge is 0.361 e. The Labute approximate surface area is 172 Å². The van der Waals surface area contributed by atoms with Crippen LogP contribution in [0.4, 0.5) is 15.8 Å². The van der Waals surface area contributed by atoms with Crippen molar-refractivity contribution < 1.29 is 14.0 Å². The van der Waals surface area contributed by atoms with Gasteiger partial charge < -0.3 is 15.5 Å². The van der Waals surface area contributed by atoms with E-state index in [1.54, 1.807) is 11.3 Å². The van der Waals surface area contributed by atoms with Crippen LogP contribution in [0.15, 0.2) is 66.0 Å². The van der Waals surface area contributed by atoms with Gasteiger partial charge in [0.2, 0.25) is 0 Å². The van der Waals surface area contributed by atoms with E-state index in [-0.39, 0.29) is 6.04 Å². The highest BCUT2D eigenvalue weighted by Crippen LogP contribution is 2.36. The van der Waals surface area contributed by atoms with E-state index >= 15 is 0 Å². The van der Waals surface area contributed by atoms with Crippen LogP contribution >= 0.6 is 11.3 Å². The molecule has 1 aliphatic heterocycles. The van der Waals surface area contributed by atoms with Crippen LogP contribution in [0.5, 0.6) is 0 Å². The fourth-order valence-corrected chi connectivity index (χ4v) is 4.36. The quantitative estimate of drug-likeness (QED) is 0.631. The molecular formula is C22H20FN3O2S. The summed E-state index contributed by atoms with van der Waals surface area (Å²) in [5, 5.41) is 7.24. The first-order valence-corrected chi connectivity index (χ1v) is 10.2. The number of carbonyl (C=O) groups is 2.